The van der Waals surface area contributed by atoms with Crippen LogP contribution in [0.2, 0.25) is 0 Å². The zero-order chi connectivity index (χ0) is 11.4. The van der Waals surface area contributed by atoms with Crippen LogP contribution in [0.15, 0.2) is 0 Å². The third-order valence-corrected chi connectivity index (χ3v) is 3.63. The number of fused-ring (bicyclic) bond motifs is 1. The summed E-state index contributed by atoms with van der Waals surface area (Å²) in [6.45, 7) is 2.05. The van der Waals surface area contributed by atoms with Crippen LogP contribution in [0.4, 0.5) is 0 Å². The van der Waals surface area contributed by atoms with E-state index in [0.717, 1.165) is 19.4 Å². The van der Waals surface area contributed by atoms with E-state index in [-0.39, 0.29) is 12.3 Å². The molecule has 1 aliphatic carbocycles. The van der Waals surface area contributed by atoms with Crippen molar-refractivity contribution in [2.75, 3.05) is 19.8 Å². The van der Waals surface area contributed by atoms with Gasteiger partial charge in [-0.1, -0.05) is 12.8 Å². The zero-order valence-corrected chi connectivity index (χ0v) is 9.52. The summed E-state index contributed by atoms with van der Waals surface area (Å²) in [6, 6.07) is 2.27. The Morgan fingerprint density at radius 3 is 3.06 bits per heavy atom. The van der Waals surface area contributed by atoms with Gasteiger partial charge in [0.2, 0.25) is 5.91 Å². The molecule has 0 bridgehead atoms. The summed E-state index contributed by atoms with van der Waals surface area (Å²) in [5, 5.41) is 8.60. The molecule has 0 aromatic carbocycles. The molecule has 0 aromatic heterocycles. The van der Waals surface area contributed by atoms with Crippen molar-refractivity contribution in [2.45, 2.75) is 38.1 Å². The van der Waals surface area contributed by atoms with Crippen molar-refractivity contribution >= 4 is 5.91 Å². The van der Waals surface area contributed by atoms with Crippen molar-refractivity contribution < 1.29 is 9.53 Å². The van der Waals surface area contributed by atoms with Gasteiger partial charge in [0, 0.05) is 18.5 Å². The SMILES string of the molecule is N#CCC(=O)N1CCOC[C@H]2CCCC[C@H]21. The number of carbonyl (C=O) groups is 1. The van der Waals surface area contributed by atoms with Crippen LogP contribution in [0.3, 0.4) is 0 Å². The van der Waals surface area contributed by atoms with Gasteiger partial charge in [0.1, 0.15) is 6.42 Å². The summed E-state index contributed by atoms with van der Waals surface area (Å²) in [4.78, 5) is 13.7. The molecule has 88 valence electrons. The van der Waals surface area contributed by atoms with Crippen LogP contribution in [0, 0.1) is 17.2 Å². The van der Waals surface area contributed by atoms with Gasteiger partial charge in [-0.3, -0.25) is 4.79 Å². The highest BCUT2D eigenvalue weighted by Gasteiger charge is 2.34. The van der Waals surface area contributed by atoms with Crippen LogP contribution in [0.25, 0.3) is 0 Å². The molecule has 2 aliphatic rings. The van der Waals surface area contributed by atoms with Gasteiger partial charge in [0.15, 0.2) is 0 Å². The Morgan fingerprint density at radius 2 is 2.25 bits per heavy atom. The fraction of sp³-hybridized carbons (Fsp3) is 0.833. The van der Waals surface area contributed by atoms with E-state index in [0.29, 0.717) is 25.1 Å². The molecule has 2 rings (SSSR count). The van der Waals surface area contributed by atoms with E-state index < -0.39 is 0 Å². The van der Waals surface area contributed by atoms with Gasteiger partial charge in [0.05, 0.1) is 19.3 Å². The van der Waals surface area contributed by atoms with Crippen molar-refractivity contribution in [3.8, 4) is 6.07 Å². The third-order valence-electron chi connectivity index (χ3n) is 3.63. The number of hydrogen-bond acceptors (Lipinski definition) is 3. The molecule has 1 saturated heterocycles. The molecule has 0 aromatic rings. The quantitative estimate of drug-likeness (QED) is 0.672. The fourth-order valence-corrected chi connectivity index (χ4v) is 2.84. The van der Waals surface area contributed by atoms with Crippen LogP contribution in [-0.4, -0.2) is 36.6 Å². The van der Waals surface area contributed by atoms with Crippen molar-refractivity contribution in [2.24, 2.45) is 5.92 Å². The van der Waals surface area contributed by atoms with Crippen LogP contribution in [-0.2, 0) is 9.53 Å². The smallest absolute Gasteiger partial charge is 0.237 e. The number of rotatable bonds is 1. The maximum absolute atomic E-state index is 11.9. The second-order valence-electron chi connectivity index (χ2n) is 4.61. The lowest BCUT2D eigenvalue weighted by Crippen LogP contribution is -2.46. The first-order chi connectivity index (χ1) is 7.83. The highest BCUT2D eigenvalue weighted by atomic mass is 16.5. The van der Waals surface area contributed by atoms with E-state index in [2.05, 4.69) is 0 Å². The number of amides is 1. The van der Waals surface area contributed by atoms with Crippen LogP contribution >= 0.6 is 0 Å². The molecule has 0 radical (unpaired) electrons. The average molecular weight is 222 g/mol. The van der Waals surface area contributed by atoms with E-state index in [1.807, 2.05) is 11.0 Å². The summed E-state index contributed by atoms with van der Waals surface area (Å²) >= 11 is 0. The third kappa shape index (κ3) is 2.35. The molecular formula is C12H18N2O2. The van der Waals surface area contributed by atoms with Gasteiger partial charge in [-0.15, -0.1) is 0 Å². The number of carbonyl (C=O) groups excluding carboxylic acids is 1. The first-order valence-electron chi connectivity index (χ1n) is 6.07. The first kappa shape index (κ1) is 11.4. The molecule has 0 unspecified atom stereocenters. The van der Waals surface area contributed by atoms with Gasteiger partial charge < -0.3 is 9.64 Å². The van der Waals surface area contributed by atoms with Gasteiger partial charge in [-0.05, 0) is 12.8 Å². The standard InChI is InChI=1S/C12H18N2O2/c13-6-5-12(15)14-7-8-16-9-10-3-1-2-4-11(10)14/h10-11H,1-5,7-9H2/t10-,11-/m1/s1. The number of ether oxygens (including phenoxy) is 1. The summed E-state index contributed by atoms with van der Waals surface area (Å²) in [5.74, 6) is 0.462. The molecule has 4 nitrogen and oxygen atoms in total. The first-order valence-corrected chi connectivity index (χ1v) is 6.07. The van der Waals surface area contributed by atoms with Crippen molar-refractivity contribution in [1.29, 1.82) is 5.26 Å². The summed E-state index contributed by atoms with van der Waals surface area (Å²) in [5.41, 5.74) is 0. The summed E-state index contributed by atoms with van der Waals surface area (Å²) in [7, 11) is 0. The maximum atomic E-state index is 11.9. The van der Waals surface area contributed by atoms with Gasteiger partial charge in [0.25, 0.3) is 0 Å². The van der Waals surface area contributed by atoms with E-state index in [1.165, 1.54) is 12.8 Å². The van der Waals surface area contributed by atoms with Gasteiger partial charge >= 0.3 is 0 Å². The molecule has 2 atom stereocenters. The normalized spacial score (nSPS) is 30.1. The molecule has 1 aliphatic heterocycles. The highest BCUT2D eigenvalue weighted by Crippen LogP contribution is 2.30. The lowest BCUT2D eigenvalue weighted by molar-refractivity contribution is -0.133. The van der Waals surface area contributed by atoms with Crippen LogP contribution in [0.1, 0.15) is 32.1 Å². The molecule has 1 amide bonds. The monoisotopic (exact) mass is 222 g/mol. The second-order valence-corrected chi connectivity index (χ2v) is 4.61. The lowest BCUT2D eigenvalue weighted by atomic mass is 9.84. The van der Waals surface area contributed by atoms with Crippen LogP contribution < -0.4 is 0 Å². The average Bonchev–Trinajstić information content (AvgIpc) is 2.51. The Balaban J connectivity index is 2.08. The topological polar surface area (TPSA) is 53.3 Å². The van der Waals surface area contributed by atoms with Crippen molar-refractivity contribution in [1.82, 2.24) is 4.90 Å². The fourth-order valence-electron chi connectivity index (χ4n) is 2.84. The van der Waals surface area contributed by atoms with Crippen molar-refractivity contribution in [3.63, 3.8) is 0 Å². The van der Waals surface area contributed by atoms with E-state index >= 15 is 0 Å². The summed E-state index contributed by atoms with van der Waals surface area (Å²) < 4.78 is 5.55. The molecule has 0 N–H and O–H groups in total. The zero-order valence-electron chi connectivity index (χ0n) is 9.52. The van der Waals surface area contributed by atoms with E-state index in [1.54, 1.807) is 0 Å². The minimum atomic E-state index is -0.0232. The molecule has 16 heavy (non-hydrogen) atoms. The van der Waals surface area contributed by atoms with Crippen LogP contribution in [0.5, 0.6) is 0 Å². The second kappa shape index (κ2) is 5.31. The molecule has 4 heteroatoms. The Bertz CT molecular complexity index is 298. The molecule has 0 spiro atoms. The van der Waals surface area contributed by atoms with Gasteiger partial charge in [-0.2, -0.15) is 5.26 Å². The maximum Gasteiger partial charge on any atom is 0.237 e. The lowest BCUT2D eigenvalue weighted by Gasteiger charge is -2.37. The van der Waals surface area contributed by atoms with E-state index in [9.17, 15) is 4.79 Å². The minimum absolute atomic E-state index is 0.00319. The Hall–Kier alpha value is -1.08. The highest BCUT2D eigenvalue weighted by molar-refractivity contribution is 5.78. The molecular weight excluding hydrogens is 204 g/mol. The number of nitrogens with zero attached hydrogens (tertiary/aromatic N) is 2. The number of hydrogen-bond donors (Lipinski definition) is 0. The van der Waals surface area contributed by atoms with Gasteiger partial charge in [-0.25, -0.2) is 0 Å². The predicted octanol–water partition coefficient (Wildman–Crippen LogP) is 1.32. The minimum Gasteiger partial charge on any atom is -0.379 e. The molecule has 2 fully saturated rings. The largest absolute Gasteiger partial charge is 0.379 e. The Morgan fingerprint density at radius 1 is 1.44 bits per heavy atom. The van der Waals surface area contributed by atoms with Crippen molar-refractivity contribution in [3.05, 3.63) is 0 Å². The Kier molecular flexibility index (Phi) is 3.79. The number of nitriles is 1. The summed E-state index contributed by atoms with van der Waals surface area (Å²) in [6.07, 6.45) is 4.66. The Labute approximate surface area is 96.2 Å². The predicted molar refractivity (Wildman–Crippen MR) is 58.5 cm³/mol. The molecule has 1 saturated carbocycles. The van der Waals surface area contributed by atoms with E-state index in [4.69, 9.17) is 10.00 Å². The molecule has 1 heterocycles.